The number of hydrogen-bond donors (Lipinski definition) is 0. The van der Waals surface area contributed by atoms with Gasteiger partial charge in [0, 0.05) is 47.2 Å². The van der Waals surface area contributed by atoms with Crippen LogP contribution in [0.4, 0.5) is 0 Å². The van der Waals surface area contributed by atoms with Gasteiger partial charge in [0.25, 0.3) is 0 Å². The highest BCUT2D eigenvalue weighted by molar-refractivity contribution is 7.98. The number of halogens is 1. The molecule has 0 radical (unpaired) electrons. The van der Waals surface area contributed by atoms with E-state index in [1.165, 1.54) is 17.8 Å². The van der Waals surface area contributed by atoms with Gasteiger partial charge in [-0.15, -0.1) is 10.2 Å². The topological polar surface area (TPSA) is 73.8 Å². The number of aromatic nitrogens is 4. The maximum atomic E-state index is 12.0. The van der Waals surface area contributed by atoms with E-state index in [2.05, 4.69) is 15.2 Å². The summed E-state index contributed by atoms with van der Waals surface area (Å²) in [7, 11) is 1.91. The van der Waals surface area contributed by atoms with E-state index in [-0.39, 0.29) is 5.63 Å². The summed E-state index contributed by atoms with van der Waals surface area (Å²) in [6, 6.07) is 9.02. The Hall–Kier alpha value is -2.64. The quantitative estimate of drug-likeness (QED) is 0.355. The normalized spacial score (nSPS) is 11.2. The molecule has 0 unspecified atom stereocenters. The van der Waals surface area contributed by atoms with Crippen molar-refractivity contribution in [2.45, 2.75) is 24.3 Å². The average Bonchev–Trinajstić information content (AvgIpc) is 3.07. The number of benzene rings is 1. The van der Waals surface area contributed by atoms with Crippen molar-refractivity contribution in [1.82, 2.24) is 19.7 Å². The molecule has 3 aromatic heterocycles. The van der Waals surface area contributed by atoms with Crippen LogP contribution in [0.3, 0.4) is 0 Å². The molecule has 0 fully saturated rings. The minimum atomic E-state index is -0.374. The maximum absolute atomic E-state index is 12.0. The smallest absolute Gasteiger partial charge is 0.336 e. The van der Waals surface area contributed by atoms with E-state index in [4.69, 9.17) is 16.0 Å². The molecule has 0 N–H and O–H groups in total. The van der Waals surface area contributed by atoms with Crippen molar-refractivity contribution in [3.63, 3.8) is 0 Å². The Labute approximate surface area is 170 Å². The molecule has 0 amide bonds. The van der Waals surface area contributed by atoms with Gasteiger partial charge in [0.05, 0.1) is 0 Å². The highest BCUT2D eigenvalue weighted by Crippen LogP contribution is 2.30. The molecule has 0 spiro atoms. The molecule has 3 heterocycles. The third-order valence-electron chi connectivity index (χ3n) is 4.49. The van der Waals surface area contributed by atoms with E-state index < -0.39 is 0 Å². The summed E-state index contributed by atoms with van der Waals surface area (Å²) in [6.45, 7) is 2.01. The molecule has 4 rings (SSSR count). The zero-order valence-corrected chi connectivity index (χ0v) is 16.9. The number of nitrogens with zero attached hydrogens (tertiary/aromatic N) is 4. The van der Waals surface area contributed by atoms with Gasteiger partial charge in [0.2, 0.25) is 0 Å². The Kier molecular flexibility index (Phi) is 5.19. The number of rotatable bonds is 5. The number of aryl methyl sites for hydroxylation is 1. The van der Waals surface area contributed by atoms with Crippen LogP contribution in [0.1, 0.15) is 18.1 Å². The van der Waals surface area contributed by atoms with Crippen LogP contribution in [0.15, 0.2) is 57.1 Å². The zero-order valence-electron chi connectivity index (χ0n) is 15.3. The molecule has 1 aromatic carbocycles. The van der Waals surface area contributed by atoms with E-state index in [0.717, 1.165) is 39.5 Å². The number of thioether (sulfide) groups is 1. The number of pyridine rings is 1. The number of hydrogen-bond acceptors (Lipinski definition) is 6. The maximum Gasteiger partial charge on any atom is 0.336 e. The predicted molar refractivity (Wildman–Crippen MR) is 111 cm³/mol. The van der Waals surface area contributed by atoms with Crippen molar-refractivity contribution < 1.29 is 4.42 Å². The number of fused-ring (bicyclic) bond motifs is 1. The zero-order chi connectivity index (χ0) is 19.7. The van der Waals surface area contributed by atoms with Gasteiger partial charge in [-0.2, -0.15) is 0 Å². The lowest BCUT2D eigenvalue weighted by Gasteiger charge is -2.08. The van der Waals surface area contributed by atoms with Crippen LogP contribution in [0.2, 0.25) is 5.02 Å². The minimum Gasteiger partial charge on any atom is -0.423 e. The van der Waals surface area contributed by atoms with Gasteiger partial charge < -0.3 is 8.98 Å². The van der Waals surface area contributed by atoms with Crippen LogP contribution in [-0.2, 0) is 19.2 Å². The molecule has 0 aliphatic rings. The third kappa shape index (κ3) is 3.55. The molecule has 142 valence electrons. The van der Waals surface area contributed by atoms with Crippen molar-refractivity contribution in [3.05, 3.63) is 69.3 Å². The first-order valence-corrected chi connectivity index (χ1v) is 10.1. The summed E-state index contributed by atoms with van der Waals surface area (Å²) in [5.41, 5.74) is 2.89. The van der Waals surface area contributed by atoms with Gasteiger partial charge in [-0.05, 0) is 41.8 Å². The largest absolute Gasteiger partial charge is 0.423 e. The van der Waals surface area contributed by atoms with E-state index in [1.807, 2.05) is 42.8 Å². The lowest BCUT2D eigenvalue weighted by molar-refractivity contribution is 0.559. The first-order valence-electron chi connectivity index (χ1n) is 8.74. The van der Waals surface area contributed by atoms with Crippen LogP contribution in [-0.4, -0.2) is 19.7 Å². The van der Waals surface area contributed by atoms with Crippen LogP contribution in [0.25, 0.3) is 22.4 Å². The second kappa shape index (κ2) is 7.77. The van der Waals surface area contributed by atoms with Gasteiger partial charge in [-0.1, -0.05) is 30.3 Å². The first-order chi connectivity index (χ1) is 13.6. The third-order valence-corrected chi connectivity index (χ3v) is 5.91. The predicted octanol–water partition coefficient (Wildman–Crippen LogP) is 4.49. The molecule has 4 aromatic rings. The van der Waals surface area contributed by atoms with Crippen LogP contribution < -0.4 is 5.63 Å². The van der Waals surface area contributed by atoms with E-state index >= 15 is 0 Å². The summed E-state index contributed by atoms with van der Waals surface area (Å²) in [5, 5.41) is 10.8. The molecule has 0 aliphatic heterocycles. The van der Waals surface area contributed by atoms with Gasteiger partial charge >= 0.3 is 5.63 Å². The molecular formula is C20H17ClN4O2S. The Morgan fingerprint density at radius 1 is 1.21 bits per heavy atom. The standard InChI is InChI=1S/C20H17ClN4O2S/c1-3-12-7-17-15(9-16(12)21)14(8-18(26)27-17)11-28-20-24-23-19(25(20)2)13-5-4-6-22-10-13/h4-10H,3,11H2,1-2H3. The van der Waals surface area contributed by atoms with Crippen molar-refractivity contribution in [2.24, 2.45) is 7.05 Å². The monoisotopic (exact) mass is 412 g/mol. The Morgan fingerprint density at radius 3 is 2.82 bits per heavy atom. The molecular weight excluding hydrogens is 396 g/mol. The fraction of sp³-hybridized carbons (Fsp3) is 0.200. The van der Waals surface area contributed by atoms with Crippen molar-refractivity contribution in [1.29, 1.82) is 0 Å². The minimum absolute atomic E-state index is 0.374. The molecule has 0 saturated carbocycles. The second-order valence-electron chi connectivity index (χ2n) is 6.28. The van der Waals surface area contributed by atoms with Crippen molar-refractivity contribution in [3.8, 4) is 11.4 Å². The average molecular weight is 413 g/mol. The van der Waals surface area contributed by atoms with Crippen molar-refractivity contribution >= 4 is 34.3 Å². The fourth-order valence-electron chi connectivity index (χ4n) is 3.01. The van der Waals surface area contributed by atoms with E-state index in [0.29, 0.717) is 16.4 Å². The molecule has 0 atom stereocenters. The van der Waals surface area contributed by atoms with Crippen LogP contribution in [0, 0.1) is 0 Å². The summed E-state index contributed by atoms with van der Waals surface area (Å²) >= 11 is 7.87. The van der Waals surface area contributed by atoms with Crippen LogP contribution in [0.5, 0.6) is 0 Å². The SMILES string of the molecule is CCc1cc2oc(=O)cc(CSc3nnc(-c4cccnc4)n3C)c2cc1Cl. The van der Waals surface area contributed by atoms with Gasteiger partial charge in [-0.25, -0.2) is 4.79 Å². The summed E-state index contributed by atoms with van der Waals surface area (Å²) in [5.74, 6) is 1.28. The first kappa shape index (κ1) is 18.7. The molecule has 0 saturated heterocycles. The lowest BCUT2D eigenvalue weighted by Crippen LogP contribution is -2.01. The Bertz CT molecular complexity index is 1200. The highest BCUT2D eigenvalue weighted by atomic mass is 35.5. The molecule has 0 bridgehead atoms. The summed E-state index contributed by atoms with van der Waals surface area (Å²) in [6.07, 6.45) is 4.24. The Morgan fingerprint density at radius 2 is 2.07 bits per heavy atom. The van der Waals surface area contributed by atoms with Crippen LogP contribution >= 0.6 is 23.4 Å². The van der Waals surface area contributed by atoms with Gasteiger partial charge in [0.15, 0.2) is 11.0 Å². The lowest BCUT2D eigenvalue weighted by atomic mass is 10.1. The second-order valence-corrected chi connectivity index (χ2v) is 7.63. The molecule has 6 nitrogen and oxygen atoms in total. The Balaban J connectivity index is 1.66. The molecule has 0 aliphatic carbocycles. The van der Waals surface area contributed by atoms with Gasteiger partial charge in [-0.3, -0.25) is 4.98 Å². The molecule has 8 heteroatoms. The summed E-state index contributed by atoms with van der Waals surface area (Å²) in [4.78, 5) is 16.1. The molecule has 28 heavy (non-hydrogen) atoms. The van der Waals surface area contributed by atoms with E-state index in [9.17, 15) is 4.79 Å². The van der Waals surface area contributed by atoms with Crippen molar-refractivity contribution in [2.75, 3.05) is 0 Å². The highest BCUT2D eigenvalue weighted by Gasteiger charge is 2.14. The van der Waals surface area contributed by atoms with E-state index in [1.54, 1.807) is 12.4 Å². The van der Waals surface area contributed by atoms with Gasteiger partial charge in [0.1, 0.15) is 5.58 Å². The summed E-state index contributed by atoms with van der Waals surface area (Å²) < 4.78 is 7.29. The fourth-order valence-corrected chi connectivity index (χ4v) is 4.21.